The molecular weight excluding hydrogens is 254 g/mol. The second kappa shape index (κ2) is 6.43. The third kappa shape index (κ3) is 3.11. The maximum atomic E-state index is 6.10. The Morgan fingerprint density at radius 2 is 1.95 bits per heavy atom. The maximum Gasteiger partial charge on any atom is 0.238 e. The van der Waals surface area contributed by atoms with E-state index in [-0.39, 0.29) is 0 Å². The molecule has 1 heterocycles. The van der Waals surface area contributed by atoms with E-state index >= 15 is 0 Å². The first-order valence-corrected chi connectivity index (χ1v) is 6.65. The molecule has 0 fully saturated rings. The van der Waals surface area contributed by atoms with Gasteiger partial charge in [0.15, 0.2) is 0 Å². The molecule has 1 atom stereocenters. The van der Waals surface area contributed by atoms with Crippen molar-refractivity contribution in [2.24, 2.45) is 5.92 Å². The van der Waals surface area contributed by atoms with Gasteiger partial charge in [-0.25, -0.2) is 4.68 Å². The fraction of sp³-hybridized carbons (Fsp3) is 0.400. The summed E-state index contributed by atoms with van der Waals surface area (Å²) in [6.07, 6.45) is 0. The largest absolute Gasteiger partial charge is 0.476 e. The molecule has 0 aliphatic carbocycles. The Morgan fingerprint density at radius 1 is 1.25 bits per heavy atom. The molecule has 0 spiro atoms. The fourth-order valence-electron chi connectivity index (χ4n) is 1.95. The lowest BCUT2D eigenvalue weighted by molar-refractivity contribution is 0.125. The molecule has 0 saturated carbocycles. The highest BCUT2D eigenvalue weighted by molar-refractivity contribution is 5.51. The minimum absolute atomic E-state index is 0.308. The van der Waals surface area contributed by atoms with Gasteiger partial charge in [-0.05, 0) is 19.1 Å². The Labute approximate surface area is 119 Å². The van der Waals surface area contributed by atoms with Crippen LogP contribution >= 0.6 is 0 Å². The molecule has 0 radical (unpaired) electrons. The summed E-state index contributed by atoms with van der Waals surface area (Å²) in [4.78, 5) is 0. The van der Waals surface area contributed by atoms with E-state index in [0.29, 0.717) is 30.8 Å². The molecule has 5 heteroatoms. The smallest absolute Gasteiger partial charge is 0.238 e. The van der Waals surface area contributed by atoms with Crippen LogP contribution in [0.3, 0.4) is 0 Å². The Hall–Kier alpha value is -2.01. The first-order valence-electron chi connectivity index (χ1n) is 6.65. The van der Waals surface area contributed by atoms with Crippen molar-refractivity contribution in [3.63, 3.8) is 0 Å². The molecule has 2 N–H and O–H groups in total. The van der Waals surface area contributed by atoms with Crippen molar-refractivity contribution in [2.45, 2.75) is 13.8 Å². The number of methoxy groups -OCH3 is 1. The number of nitrogens with zero attached hydrogens (tertiary/aromatic N) is 2. The number of anilines is 1. The van der Waals surface area contributed by atoms with Crippen LogP contribution in [0.15, 0.2) is 30.3 Å². The minimum atomic E-state index is 0.308. The molecule has 0 aliphatic rings. The Morgan fingerprint density at radius 3 is 2.60 bits per heavy atom. The van der Waals surface area contributed by atoms with Crippen LogP contribution in [0.1, 0.15) is 12.5 Å². The van der Waals surface area contributed by atoms with Crippen LogP contribution < -0.4 is 10.5 Å². The lowest BCUT2D eigenvalue weighted by Gasteiger charge is -2.10. The highest BCUT2D eigenvalue weighted by Gasteiger charge is 2.15. The molecule has 0 aliphatic heterocycles. The molecule has 5 nitrogen and oxygen atoms in total. The highest BCUT2D eigenvalue weighted by Crippen LogP contribution is 2.25. The van der Waals surface area contributed by atoms with Crippen LogP contribution in [0, 0.1) is 12.8 Å². The van der Waals surface area contributed by atoms with Crippen molar-refractivity contribution in [3.8, 4) is 11.6 Å². The number of benzene rings is 1. The number of para-hydroxylation sites is 1. The van der Waals surface area contributed by atoms with Gasteiger partial charge in [0.1, 0.15) is 5.82 Å². The topological polar surface area (TPSA) is 62.3 Å². The molecule has 0 amide bonds. The molecule has 1 unspecified atom stereocenters. The van der Waals surface area contributed by atoms with E-state index in [1.165, 1.54) is 0 Å². The van der Waals surface area contributed by atoms with Crippen LogP contribution in [0.2, 0.25) is 0 Å². The van der Waals surface area contributed by atoms with Crippen LogP contribution in [0.4, 0.5) is 5.82 Å². The van der Waals surface area contributed by atoms with Crippen LogP contribution in [-0.2, 0) is 4.74 Å². The Kier molecular flexibility index (Phi) is 4.63. The average Bonchev–Trinajstić information content (AvgIpc) is 2.74. The summed E-state index contributed by atoms with van der Waals surface area (Å²) in [6.45, 7) is 5.20. The molecule has 2 aromatic rings. The van der Waals surface area contributed by atoms with Gasteiger partial charge < -0.3 is 15.2 Å². The van der Waals surface area contributed by atoms with E-state index < -0.39 is 0 Å². The number of aromatic nitrogens is 2. The normalized spacial score (nSPS) is 12.3. The van der Waals surface area contributed by atoms with Crippen molar-refractivity contribution in [1.82, 2.24) is 9.78 Å². The van der Waals surface area contributed by atoms with Gasteiger partial charge in [0.05, 0.1) is 24.5 Å². The maximum absolute atomic E-state index is 6.10. The van der Waals surface area contributed by atoms with Gasteiger partial charge in [-0.15, -0.1) is 5.10 Å². The van der Waals surface area contributed by atoms with E-state index in [2.05, 4.69) is 12.0 Å². The van der Waals surface area contributed by atoms with E-state index in [9.17, 15) is 0 Å². The molecule has 1 aromatic carbocycles. The quantitative estimate of drug-likeness (QED) is 0.879. The lowest BCUT2D eigenvalue weighted by Crippen LogP contribution is -2.14. The van der Waals surface area contributed by atoms with Gasteiger partial charge in [0.25, 0.3) is 0 Å². The minimum Gasteiger partial charge on any atom is -0.476 e. The predicted octanol–water partition coefficient (Wildman–Crippen LogP) is 2.42. The van der Waals surface area contributed by atoms with Crippen LogP contribution in [0.25, 0.3) is 5.69 Å². The summed E-state index contributed by atoms with van der Waals surface area (Å²) in [5, 5.41) is 4.44. The second-order valence-electron chi connectivity index (χ2n) is 4.93. The number of hydrogen-bond acceptors (Lipinski definition) is 4. The number of nitrogens with two attached hydrogens (primary N) is 1. The summed E-state index contributed by atoms with van der Waals surface area (Å²) in [5.74, 6) is 1.49. The number of rotatable bonds is 6. The monoisotopic (exact) mass is 275 g/mol. The van der Waals surface area contributed by atoms with Gasteiger partial charge in [-0.3, -0.25) is 0 Å². The first kappa shape index (κ1) is 14.4. The van der Waals surface area contributed by atoms with Gasteiger partial charge in [-0.2, -0.15) is 0 Å². The number of ether oxygens (including phenoxy) is 2. The van der Waals surface area contributed by atoms with Gasteiger partial charge in [-0.1, -0.05) is 25.1 Å². The molecule has 1 aromatic heterocycles. The third-order valence-electron chi connectivity index (χ3n) is 3.08. The van der Waals surface area contributed by atoms with Crippen molar-refractivity contribution >= 4 is 5.82 Å². The van der Waals surface area contributed by atoms with Crippen molar-refractivity contribution in [2.75, 3.05) is 26.1 Å². The molecule has 20 heavy (non-hydrogen) atoms. The predicted molar refractivity (Wildman–Crippen MR) is 79.2 cm³/mol. The number of nitrogen functional groups attached to an aromatic ring is 1. The van der Waals surface area contributed by atoms with E-state index in [0.717, 1.165) is 11.3 Å². The Balaban J connectivity index is 2.16. The molecule has 108 valence electrons. The van der Waals surface area contributed by atoms with Gasteiger partial charge in [0, 0.05) is 13.0 Å². The number of hydrogen-bond donors (Lipinski definition) is 1. The standard InChI is InChI=1S/C15H21N3O2/c1-11(9-19-3)10-20-15-12(2)14(16)18(17-15)13-7-5-4-6-8-13/h4-8,11H,9-10,16H2,1-3H3. The van der Waals surface area contributed by atoms with E-state index in [4.69, 9.17) is 15.2 Å². The molecule has 2 rings (SSSR count). The van der Waals surface area contributed by atoms with E-state index in [1.807, 2.05) is 37.3 Å². The lowest BCUT2D eigenvalue weighted by atomic mass is 10.2. The zero-order valence-electron chi connectivity index (χ0n) is 12.2. The second-order valence-corrected chi connectivity index (χ2v) is 4.93. The summed E-state index contributed by atoms with van der Waals surface area (Å²) >= 11 is 0. The third-order valence-corrected chi connectivity index (χ3v) is 3.08. The molecule has 0 bridgehead atoms. The summed E-state index contributed by atoms with van der Waals surface area (Å²) < 4.78 is 12.5. The highest BCUT2D eigenvalue weighted by atomic mass is 16.5. The van der Waals surface area contributed by atoms with Crippen molar-refractivity contribution in [1.29, 1.82) is 0 Å². The van der Waals surface area contributed by atoms with Crippen LogP contribution in [0.5, 0.6) is 5.88 Å². The summed E-state index contributed by atoms with van der Waals surface area (Å²) in [5.41, 5.74) is 7.88. The van der Waals surface area contributed by atoms with Gasteiger partial charge >= 0.3 is 0 Å². The SMILES string of the molecule is COCC(C)COc1nn(-c2ccccc2)c(N)c1C. The van der Waals surface area contributed by atoms with E-state index in [1.54, 1.807) is 11.8 Å². The zero-order chi connectivity index (χ0) is 14.5. The van der Waals surface area contributed by atoms with Crippen molar-refractivity contribution < 1.29 is 9.47 Å². The molecule has 0 saturated heterocycles. The Bertz CT molecular complexity index is 552. The first-order chi connectivity index (χ1) is 9.63. The summed E-state index contributed by atoms with van der Waals surface area (Å²) in [7, 11) is 1.68. The van der Waals surface area contributed by atoms with Gasteiger partial charge in [0.2, 0.25) is 5.88 Å². The zero-order valence-corrected chi connectivity index (χ0v) is 12.2. The van der Waals surface area contributed by atoms with Crippen molar-refractivity contribution in [3.05, 3.63) is 35.9 Å². The summed E-state index contributed by atoms with van der Waals surface area (Å²) in [6, 6.07) is 9.78. The average molecular weight is 275 g/mol. The van der Waals surface area contributed by atoms with Crippen LogP contribution in [-0.4, -0.2) is 30.1 Å². The fourth-order valence-corrected chi connectivity index (χ4v) is 1.95. The molecular formula is C15H21N3O2.